The Kier molecular flexibility index (Phi) is 5.21. The fourth-order valence-corrected chi connectivity index (χ4v) is 2.27. The standard InChI is InChI=1S/C15H21NO3/c1-18-14-5-3-13(4-6-14)16-15(17)7-2-12-8-10-19-11-9-12/h3-6,12H,2,7-11H2,1H3,(H,16,17). The minimum Gasteiger partial charge on any atom is -0.497 e. The topological polar surface area (TPSA) is 47.6 Å². The number of amides is 1. The van der Waals surface area contributed by atoms with E-state index in [-0.39, 0.29) is 5.91 Å². The first-order valence-corrected chi connectivity index (χ1v) is 6.79. The first-order valence-electron chi connectivity index (χ1n) is 6.79. The molecule has 2 rings (SSSR count). The zero-order valence-corrected chi connectivity index (χ0v) is 11.4. The van der Waals surface area contributed by atoms with Crippen LogP contribution in [0.25, 0.3) is 0 Å². The van der Waals surface area contributed by atoms with Crippen molar-refractivity contribution >= 4 is 11.6 Å². The maximum atomic E-state index is 11.8. The molecule has 1 aromatic rings. The molecule has 0 unspecified atom stereocenters. The number of nitrogens with one attached hydrogen (secondary N) is 1. The lowest BCUT2D eigenvalue weighted by atomic mass is 9.95. The second kappa shape index (κ2) is 7.14. The first kappa shape index (κ1) is 13.9. The van der Waals surface area contributed by atoms with E-state index in [4.69, 9.17) is 9.47 Å². The van der Waals surface area contributed by atoms with E-state index in [1.807, 2.05) is 24.3 Å². The molecule has 4 nitrogen and oxygen atoms in total. The van der Waals surface area contributed by atoms with E-state index < -0.39 is 0 Å². The fourth-order valence-electron chi connectivity index (χ4n) is 2.27. The van der Waals surface area contributed by atoms with E-state index in [1.54, 1.807) is 7.11 Å². The highest BCUT2D eigenvalue weighted by atomic mass is 16.5. The number of hydrogen-bond donors (Lipinski definition) is 1. The molecule has 1 aliphatic rings. The summed E-state index contributed by atoms with van der Waals surface area (Å²) >= 11 is 0. The Hall–Kier alpha value is -1.55. The molecule has 4 heteroatoms. The minimum absolute atomic E-state index is 0.0802. The van der Waals surface area contributed by atoms with Gasteiger partial charge in [0.15, 0.2) is 0 Å². The average molecular weight is 263 g/mol. The third kappa shape index (κ3) is 4.56. The summed E-state index contributed by atoms with van der Waals surface area (Å²) in [7, 11) is 1.63. The molecule has 1 N–H and O–H groups in total. The van der Waals surface area contributed by atoms with Crippen LogP contribution in [-0.2, 0) is 9.53 Å². The first-order chi connectivity index (χ1) is 9.28. The number of carbonyl (C=O) groups excluding carboxylic acids is 1. The predicted molar refractivity (Wildman–Crippen MR) is 74.4 cm³/mol. The van der Waals surface area contributed by atoms with Gasteiger partial charge in [-0.05, 0) is 49.4 Å². The van der Waals surface area contributed by atoms with Crippen molar-refractivity contribution in [1.82, 2.24) is 0 Å². The fraction of sp³-hybridized carbons (Fsp3) is 0.533. The summed E-state index contributed by atoms with van der Waals surface area (Å²) in [6.07, 6.45) is 3.69. The van der Waals surface area contributed by atoms with E-state index in [0.29, 0.717) is 12.3 Å². The van der Waals surface area contributed by atoms with Crippen LogP contribution in [0.1, 0.15) is 25.7 Å². The number of hydrogen-bond acceptors (Lipinski definition) is 3. The van der Waals surface area contributed by atoms with Gasteiger partial charge in [0.25, 0.3) is 0 Å². The Bertz CT molecular complexity index is 396. The van der Waals surface area contributed by atoms with E-state index in [0.717, 1.165) is 43.9 Å². The zero-order valence-electron chi connectivity index (χ0n) is 11.4. The summed E-state index contributed by atoms with van der Waals surface area (Å²) in [5.74, 6) is 1.51. The molecule has 1 saturated heterocycles. The maximum absolute atomic E-state index is 11.8. The van der Waals surface area contributed by atoms with Gasteiger partial charge < -0.3 is 14.8 Å². The molecule has 0 spiro atoms. The monoisotopic (exact) mass is 263 g/mol. The second-order valence-electron chi connectivity index (χ2n) is 4.87. The van der Waals surface area contributed by atoms with Gasteiger partial charge in [-0.3, -0.25) is 4.79 Å². The summed E-state index contributed by atoms with van der Waals surface area (Å²) in [6, 6.07) is 7.39. The smallest absolute Gasteiger partial charge is 0.224 e. The van der Waals surface area contributed by atoms with Crippen LogP contribution in [0.4, 0.5) is 5.69 Å². The molecule has 19 heavy (non-hydrogen) atoms. The van der Waals surface area contributed by atoms with Gasteiger partial charge in [0.1, 0.15) is 5.75 Å². The molecule has 1 aliphatic heterocycles. The van der Waals surface area contributed by atoms with Gasteiger partial charge in [-0.25, -0.2) is 0 Å². The van der Waals surface area contributed by atoms with Crippen molar-refractivity contribution in [3.63, 3.8) is 0 Å². The Morgan fingerprint density at radius 3 is 2.63 bits per heavy atom. The van der Waals surface area contributed by atoms with Gasteiger partial charge in [0.05, 0.1) is 7.11 Å². The molecule has 1 amide bonds. The van der Waals surface area contributed by atoms with Crippen molar-refractivity contribution < 1.29 is 14.3 Å². The summed E-state index contributed by atoms with van der Waals surface area (Å²) in [5, 5.41) is 2.91. The molecule has 1 fully saturated rings. The van der Waals surface area contributed by atoms with E-state index in [9.17, 15) is 4.79 Å². The summed E-state index contributed by atoms with van der Waals surface area (Å²) < 4.78 is 10.4. The van der Waals surface area contributed by atoms with Crippen LogP contribution in [0.5, 0.6) is 5.75 Å². The average Bonchev–Trinajstić information content (AvgIpc) is 2.47. The molecule has 0 aliphatic carbocycles. The highest BCUT2D eigenvalue weighted by molar-refractivity contribution is 5.90. The number of methoxy groups -OCH3 is 1. The SMILES string of the molecule is COc1ccc(NC(=O)CCC2CCOCC2)cc1. The van der Waals surface area contributed by atoms with Crippen LogP contribution in [0.3, 0.4) is 0 Å². The molecular weight excluding hydrogens is 242 g/mol. The van der Waals surface area contributed by atoms with Gasteiger partial charge in [0.2, 0.25) is 5.91 Å². The van der Waals surface area contributed by atoms with Crippen molar-refractivity contribution in [2.24, 2.45) is 5.92 Å². The van der Waals surface area contributed by atoms with Crippen LogP contribution in [0.2, 0.25) is 0 Å². The van der Waals surface area contributed by atoms with E-state index in [1.165, 1.54) is 0 Å². The Balaban J connectivity index is 1.73. The van der Waals surface area contributed by atoms with Crippen LogP contribution >= 0.6 is 0 Å². The largest absolute Gasteiger partial charge is 0.497 e. The molecule has 1 aromatic carbocycles. The molecule has 0 saturated carbocycles. The third-order valence-corrected chi connectivity index (χ3v) is 3.49. The second-order valence-corrected chi connectivity index (χ2v) is 4.87. The Morgan fingerprint density at radius 1 is 1.32 bits per heavy atom. The quantitative estimate of drug-likeness (QED) is 0.888. The minimum atomic E-state index is 0.0802. The molecule has 0 bridgehead atoms. The molecule has 0 aromatic heterocycles. The maximum Gasteiger partial charge on any atom is 0.224 e. The summed E-state index contributed by atoms with van der Waals surface area (Å²) in [5.41, 5.74) is 0.817. The number of carbonyl (C=O) groups is 1. The lowest BCUT2D eigenvalue weighted by Gasteiger charge is -2.21. The highest BCUT2D eigenvalue weighted by Gasteiger charge is 2.15. The summed E-state index contributed by atoms with van der Waals surface area (Å²) in [4.78, 5) is 11.8. The summed E-state index contributed by atoms with van der Waals surface area (Å²) in [6.45, 7) is 1.68. The van der Waals surface area contributed by atoms with Crippen molar-refractivity contribution in [3.05, 3.63) is 24.3 Å². The normalized spacial score (nSPS) is 16.1. The van der Waals surface area contributed by atoms with E-state index >= 15 is 0 Å². The Labute approximate surface area is 114 Å². The zero-order chi connectivity index (χ0) is 13.5. The molecule has 104 valence electrons. The van der Waals surface area contributed by atoms with Gasteiger partial charge in [-0.15, -0.1) is 0 Å². The van der Waals surface area contributed by atoms with Gasteiger partial charge in [-0.2, -0.15) is 0 Å². The number of benzene rings is 1. The van der Waals surface area contributed by atoms with Crippen LogP contribution < -0.4 is 10.1 Å². The lowest BCUT2D eigenvalue weighted by Crippen LogP contribution is -2.18. The number of ether oxygens (including phenoxy) is 2. The number of rotatable bonds is 5. The van der Waals surface area contributed by atoms with Crippen molar-refractivity contribution in [1.29, 1.82) is 0 Å². The molecule has 0 atom stereocenters. The molecular formula is C15H21NO3. The molecule has 1 heterocycles. The van der Waals surface area contributed by atoms with Crippen LogP contribution in [0.15, 0.2) is 24.3 Å². The predicted octanol–water partition coefficient (Wildman–Crippen LogP) is 2.84. The van der Waals surface area contributed by atoms with Crippen LogP contribution in [0, 0.1) is 5.92 Å². The van der Waals surface area contributed by atoms with E-state index in [2.05, 4.69) is 5.32 Å². The van der Waals surface area contributed by atoms with Crippen LogP contribution in [-0.4, -0.2) is 26.2 Å². The highest BCUT2D eigenvalue weighted by Crippen LogP contribution is 2.21. The lowest BCUT2D eigenvalue weighted by molar-refractivity contribution is -0.116. The number of anilines is 1. The molecule has 0 radical (unpaired) electrons. The Morgan fingerprint density at radius 2 is 2.00 bits per heavy atom. The van der Waals surface area contributed by atoms with Gasteiger partial charge in [0, 0.05) is 25.3 Å². The van der Waals surface area contributed by atoms with Gasteiger partial charge >= 0.3 is 0 Å². The third-order valence-electron chi connectivity index (χ3n) is 3.49. The van der Waals surface area contributed by atoms with Gasteiger partial charge in [-0.1, -0.05) is 0 Å². The van der Waals surface area contributed by atoms with Crippen molar-refractivity contribution in [3.8, 4) is 5.75 Å². The van der Waals surface area contributed by atoms with Crippen molar-refractivity contribution in [2.45, 2.75) is 25.7 Å². The van der Waals surface area contributed by atoms with Crippen molar-refractivity contribution in [2.75, 3.05) is 25.6 Å².